The number of thiazole rings is 1. The maximum atomic E-state index is 12.3. The zero-order valence-electron chi connectivity index (χ0n) is 9.87. The van der Waals surface area contributed by atoms with Crippen LogP contribution in [-0.2, 0) is 10.0 Å². The van der Waals surface area contributed by atoms with Gasteiger partial charge in [0.15, 0.2) is 9.90 Å². The van der Waals surface area contributed by atoms with Crippen molar-refractivity contribution in [2.24, 2.45) is 0 Å². The van der Waals surface area contributed by atoms with Gasteiger partial charge in [0, 0.05) is 13.1 Å². The SMILES string of the molecule is CN(C1CCCC1)S(=O)(=O)c1scnc1C(=O)O. The van der Waals surface area contributed by atoms with Gasteiger partial charge in [-0.3, -0.25) is 0 Å². The van der Waals surface area contributed by atoms with E-state index in [0.717, 1.165) is 37.0 Å². The van der Waals surface area contributed by atoms with E-state index in [2.05, 4.69) is 4.98 Å². The lowest BCUT2D eigenvalue weighted by atomic mass is 10.3. The zero-order chi connectivity index (χ0) is 13.3. The molecule has 1 aliphatic carbocycles. The summed E-state index contributed by atoms with van der Waals surface area (Å²) in [5.41, 5.74) is 0.864. The van der Waals surface area contributed by atoms with Crippen LogP contribution in [0.5, 0.6) is 0 Å². The Kier molecular flexibility index (Phi) is 3.69. The predicted octanol–water partition coefficient (Wildman–Crippen LogP) is 1.40. The number of aromatic nitrogens is 1. The Morgan fingerprint density at radius 2 is 2.11 bits per heavy atom. The molecule has 0 bridgehead atoms. The topological polar surface area (TPSA) is 87.6 Å². The number of rotatable bonds is 4. The molecule has 0 spiro atoms. The normalized spacial score (nSPS) is 17.4. The summed E-state index contributed by atoms with van der Waals surface area (Å²) >= 11 is 0.850. The van der Waals surface area contributed by atoms with Crippen LogP contribution in [0.1, 0.15) is 36.2 Å². The lowest BCUT2D eigenvalue weighted by Crippen LogP contribution is -2.35. The number of nitrogens with zero attached hydrogens (tertiary/aromatic N) is 2. The molecular weight excluding hydrogens is 276 g/mol. The van der Waals surface area contributed by atoms with Gasteiger partial charge in [-0.05, 0) is 12.8 Å². The minimum Gasteiger partial charge on any atom is -0.476 e. The fourth-order valence-electron chi connectivity index (χ4n) is 2.16. The molecule has 0 saturated heterocycles. The van der Waals surface area contributed by atoms with Crippen LogP contribution in [-0.4, -0.2) is 41.9 Å². The van der Waals surface area contributed by atoms with Gasteiger partial charge < -0.3 is 5.11 Å². The van der Waals surface area contributed by atoms with Gasteiger partial charge in [-0.15, -0.1) is 11.3 Å². The first-order chi connectivity index (χ1) is 8.44. The van der Waals surface area contributed by atoms with Crippen molar-refractivity contribution in [1.82, 2.24) is 9.29 Å². The molecule has 1 N–H and O–H groups in total. The van der Waals surface area contributed by atoms with Gasteiger partial charge in [-0.1, -0.05) is 12.8 Å². The van der Waals surface area contributed by atoms with Gasteiger partial charge in [0.05, 0.1) is 5.51 Å². The van der Waals surface area contributed by atoms with Crippen LogP contribution in [0.4, 0.5) is 0 Å². The van der Waals surface area contributed by atoms with Crippen LogP contribution in [0.25, 0.3) is 0 Å². The van der Waals surface area contributed by atoms with E-state index in [1.807, 2.05) is 0 Å². The van der Waals surface area contributed by atoms with E-state index in [9.17, 15) is 13.2 Å². The van der Waals surface area contributed by atoms with Gasteiger partial charge in [-0.25, -0.2) is 18.2 Å². The number of hydrogen-bond donors (Lipinski definition) is 1. The van der Waals surface area contributed by atoms with E-state index in [0.29, 0.717) is 0 Å². The van der Waals surface area contributed by atoms with Crippen LogP contribution < -0.4 is 0 Å². The summed E-state index contributed by atoms with van der Waals surface area (Å²) in [7, 11) is -2.24. The largest absolute Gasteiger partial charge is 0.476 e. The molecule has 1 fully saturated rings. The van der Waals surface area contributed by atoms with E-state index in [1.165, 1.54) is 16.9 Å². The summed E-state index contributed by atoms with van der Waals surface area (Å²) < 4.78 is 25.8. The first-order valence-electron chi connectivity index (χ1n) is 5.59. The molecule has 1 aliphatic rings. The summed E-state index contributed by atoms with van der Waals surface area (Å²) in [5.74, 6) is -1.31. The number of aromatic carboxylic acids is 1. The first kappa shape index (κ1) is 13.4. The Balaban J connectivity index is 2.35. The van der Waals surface area contributed by atoms with Crippen molar-refractivity contribution in [1.29, 1.82) is 0 Å². The number of carboxylic acid groups (broad SMARTS) is 1. The average molecular weight is 290 g/mol. The van der Waals surface area contributed by atoms with Crippen LogP contribution in [0.15, 0.2) is 9.72 Å². The molecule has 2 rings (SSSR count). The monoisotopic (exact) mass is 290 g/mol. The summed E-state index contributed by atoms with van der Waals surface area (Å²) in [6.45, 7) is 0. The Morgan fingerprint density at radius 3 is 2.67 bits per heavy atom. The summed E-state index contributed by atoms with van der Waals surface area (Å²) in [5, 5.41) is 8.93. The third kappa shape index (κ3) is 2.27. The van der Waals surface area contributed by atoms with Crippen LogP contribution >= 0.6 is 11.3 Å². The molecule has 1 aromatic rings. The second-order valence-electron chi connectivity index (χ2n) is 4.25. The molecule has 1 aromatic heterocycles. The lowest BCUT2D eigenvalue weighted by molar-refractivity contribution is 0.0687. The first-order valence-corrected chi connectivity index (χ1v) is 7.91. The van der Waals surface area contributed by atoms with Crippen LogP contribution in [0, 0.1) is 0 Å². The average Bonchev–Trinajstić information content (AvgIpc) is 2.99. The van der Waals surface area contributed by atoms with Gasteiger partial charge in [0.2, 0.25) is 0 Å². The minimum atomic E-state index is -3.75. The third-order valence-corrected chi connectivity index (χ3v) is 6.45. The van der Waals surface area contributed by atoms with E-state index in [4.69, 9.17) is 5.11 Å². The molecular formula is C10H14N2O4S2. The highest BCUT2D eigenvalue weighted by atomic mass is 32.2. The van der Waals surface area contributed by atoms with Crippen molar-refractivity contribution in [2.45, 2.75) is 35.9 Å². The molecule has 100 valence electrons. The standard InChI is InChI=1S/C10H14N2O4S2/c1-12(7-4-2-3-5-7)18(15,16)10-8(9(13)14)11-6-17-10/h6-7H,2-5H2,1H3,(H,13,14). The predicted molar refractivity (Wildman–Crippen MR) is 66.3 cm³/mol. The number of hydrogen-bond acceptors (Lipinski definition) is 5. The number of carboxylic acids is 1. The van der Waals surface area contributed by atoms with Gasteiger partial charge in [0.25, 0.3) is 10.0 Å². The van der Waals surface area contributed by atoms with Crippen molar-refractivity contribution in [3.63, 3.8) is 0 Å². The number of sulfonamides is 1. The van der Waals surface area contributed by atoms with Crippen molar-refractivity contribution in [3.05, 3.63) is 11.2 Å². The molecule has 8 heteroatoms. The van der Waals surface area contributed by atoms with Gasteiger partial charge >= 0.3 is 5.97 Å². The van der Waals surface area contributed by atoms with Crippen LogP contribution in [0.3, 0.4) is 0 Å². The molecule has 6 nitrogen and oxygen atoms in total. The molecule has 0 radical (unpaired) electrons. The molecule has 0 aromatic carbocycles. The Labute approximate surface area is 109 Å². The molecule has 0 unspecified atom stereocenters. The fourth-order valence-corrected chi connectivity index (χ4v) is 4.88. The smallest absolute Gasteiger partial charge is 0.356 e. The zero-order valence-corrected chi connectivity index (χ0v) is 11.5. The van der Waals surface area contributed by atoms with Crippen molar-refractivity contribution >= 4 is 27.3 Å². The summed E-state index contributed by atoms with van der Waals surface area (Å²) in [4.78, 5) is 14.5. The van der Waals surface area contributed by atoms with E-state index in [1.54, 1.807) is 0 Å². The highest BCUT2D eigenvalue weighted by Crippen LogP contribution is 2.30. The van der Waals surface area contributed by atoms with Gasteiger partial charge in [-0.2, -0.15) is 4.31 Å². The summed E-state index contributed by atoms with van der Waals surface area (Å²) in [6.07, 6.45) is 3.69. The van der Waals surface area contributed by atoms with Crippen molar-refractivity contribution in [3.8, 4) is 0 Å². The molecule has 1 saturated carbocycles. The fraction of sp³-hybridized carbons (Fsp3) is 0.600. The molecule has 18 heavy (non-hydrogen) atoms. The molecule has 0 amide bonds. The highest BCUT2D eigenvalue weighted by Gasteiger charge is 2.34. The van der Waals surface area contributed by atoms with Crippen molar-refractivity contribution in [2.75, 3.05) is 7.05 Å². The maximum absolute atomic E-state index is 12.3. The lowest BCUT2D eigenvalue weighted by Gasteiger charge is -2.22. The van der Waals surface area contributed by atoms with Crippen molar-refractivity contribution < 1.29 is 18.3 Å². The number of carbonyl (C=O) groups is 1. The summed E-state index contributed by atoms with van der Waals surface area (Å²) in [6, 6.07) is -0.0289. The van der Waals surface area contributed by atoms with E-state index >= 15 is 0 Å². The Morgan fingerprint density at radius 1 is 1.50 bits per heavy atom. The maximum Gasteiger partial charge on any atom is 0.356 e. The van der Waals surface area contributed by atoms with Crippen LogP contribution in [0.2, 0.25) is 0 Å². The second kappa shape index (κ2) is 4.94. The highest BCUT2D eigenvalue weighted by molar-refractivity contribution is 7.91. The van der Waals surface area contributed by atoms with E-state index in [-0.39, 0.29) is 15.9 Å². The minimum absolute atomic E-state index is 0.0289. The Hall–Kier alpha value is -0.990. The quantitative estimate of drug-likeness (QED) is 0.905. The molecule has 1 heterocycles. The van der Waals surface area contributed by atoms with E-state index < -0.39 is 16.0 Å². The molecule has 0 aliphatic heterocycles. The Bertz CT molecular complexity index is 546. The molecule has 0 atom stereocenters. The second-order valence-corrected chi connectivity index (χ2v) is 7.30. The van der Waals surface area contributed by atoms with Gasteiger partial charge in [0.1, 0.15) is 0 Å². The third-order valence-electron chi connectivity index (χ3n) is 3.19.